The first-order valence-corrected chi connectivity index (χ1v) is 14.6. The summed E-state index contributed by atoms with van der Waals surface area (Å²) < 4.78 is 30.8. The highest BCUT2D eigenvalue weighted by Crippen LogP contribution is 2.26. The van der Waals surface area contributed by atoms with Gasteiger partial charge in [-0.1, -0.05) is 56.3 Å². The number of aliphatic hydroxyl groups is 1. The van der Waals surface area contributed by atoms with Gasteiger partial charge in [-0.25, -0.2) is 18.7 Å². The summed E-state index contributed by atoms with van der Waals surface area (Å²) in [6.07, 6.45) is 7.39. The standard InChI is InChI=1S/C26H41N3O7S/c1-20(2)19-23(25(31)27-29(16-10-17-30)37(3,33)34)22(14-9-13-21-11-5-4-6-12-21)26(32)28-36-24-15-7-8-18-35-24/h4-6,9,11-13,20,22-24,30H,7-8,10,14-19H2,1-3H3,(H,27,31)(H,28,32)/t22-,23+,24?/m0/s1. The number of hydrogen-bond acceptors (Lipinski definition) is 7. The van der Waals surface area contributed by atoms with Crippen LogP contribution in [0.1, 0.15) is 57.9 Å². The summed E-state index contributed by atoms with van der Waals surface area (Å²) in [5, 5.41) is 9.14. The molecule has 0 aliphatic carbocycles. The van der Waals surface area contributed by atoms with E-state index in [9.17, 15) is 18.0 Å². The Hall–Kier alpha value is -2.31. The maximum Gasteiger partial charge on any atom is 0.247 e. The van der Waals surface area contributed by atoms with Crippen LogP contribution in [0.2, 0.25) is 0 Å². The molecule has 1 fully saturated rings. The van der Waals surface area contributed by atoms with Crippen molar-refractivity contribution in [2.75, 3.05) is 26.0 Å². The van der Waals surface area contributed by atoms with E-state index in [1.54, 1.807) is 0 Å². The van der Waals surface area contributed by atoms with Crippen LogP contribution in [0.3, 0.4) is 0 Å². The van der Waals surface area contributed by atoms with Gasteiger partial charge in [0.2, 0.25) is 21.8 Å². The zero-order chi connectivity index (χ0) is 27.3. The fourth-order valence-electron chi connectivity index (χ4n) is 4.06. The molecule has 3 N–H and O–H groups in total. The second kappa shape index (κ2) is 15.8. The summed E-state index contributed by atoms with van der Waals surface area (Å²) in [5.41, 5.74) is 5.91. The van der Waals surface area contributed by atoms with Gasteiger partial charge in [-0.3, -0.25) is 15.0 Å². The number of nitrogens with zero attached hydrogens (tertiary/aromatic N) is 1. The van der Waals surface area contributed by atoms with Crippen LogP contribution in [0.5, 0.6) is 0 Å². The highest BCUT2D eigenvalue weighted by Gasteiger charge is 2.36. The first kappa shape index (κ1) is 30.9. The van der Waals surface area contributed by atoms with E-state index in [2.05, 4.69) is 10.9 Å². The van der Waals surface area contributed by atoms with Gasteiger partial charge in [0.05, 0.1) is 18.1 Å². The molecule has 208 valence electrons. The molecule has 1 aromatic carbocycles. The lowest BCUT2D eigenvalue weighted by atomic mass is 9.82. The molecule has 3 atom stereocenters. The number of hydroxylamine groups is 1. The van der Waals surface area contributed by atoms with E-state index < -0.39 is 40.0 Å². The smallest absolute Gasteiger partial charge is 0.247 e. The lowest BCUT2D eigenvalue weighted by Crippen LogP contribution is -2.51. The van der Waals surface area contributed by atoms with Crippen LogP contribution in [0.4, 0.5) is 0 Å². The Morgan fingerprint density at radius 3 is 2.51 bits per heavy atom. The molecular formula is C26H41N3O7S. The number of amides is 2. The summed E-state index contributed by atoms with van der Waals surface area (Å²) in [6, 6.07) is 9.58. The zero-order valence-electron chi connectivity index (χ0n) is 22.0. The average molecular weight is 540 g/mol. The number of hydrazine groups is 1. The summed E-state index contributed by atoms with van der Waals surface area (Å²) in [7, 11) is -3.78. The van der Waals surface area contributed by atoms with Crippen LogP contribution in [0, 0.1) is 17.8 Å². The van der Waals surface area contributed by atoms with Crippen molar-refractivity contribution in [3.63, 3.8) is 0 Å². The van der Waals surface area contributed by atoms with E-state index in [4.69, 9.17) is 14.7 Å². The average Bonchev–Trinajstić information content (AvgIpc) is 2.87. The molecule has 2 amide bonds. The van der Waals surface area contributed by atoms with Crippen molar-refractivity contribution in [2.24, 2.45) is 17.8 Å². The van der Waals surface area contributed by atoms with Crippen molar-refractivity contribution < 1.29 is 32.7 Å². The third-order valence-corrected chi connectivity index (χ3v) is 7.04. The van der Waals surface area contributed by atoms with Crippen LogP contribution in [0.15, 0.2) is 36.4 Å². The number of allylic oxidation sites excluding steroid dienone is 1. The maximum atomic E-state index is 13.4. The quantitative estimate of drug-likeness (QED) is 0.292. The molecule has 2 rings (SSSR count). The number of hydrogen-bond donors (Lipinski definition) is 3. The summed E-state index contributed by atoms with van der Waals surface area (Å²) in [5.74, 6) is -2.68. The summed E-state index contributed by atoms with van der Waals surface area (Å²) in [4.78, 5) is 32.3. The van der Waals surface area contributed by atoms with Gasteiger partial charge in [-0.15, -0.1) is 4.41 Å². The van der Waals surface area contributed by atoms with Crippen molar-refractivity contribution in [3.8, 4) is 0 Å². The number of sulfonamides is 1. The SMILES string of the molecule is CC(C)C[C@@H](C(=O)NN(CCCO)S(C)(=O)=O)[C@H](CC=Cc1ccccc1)C(=O)NOC1CCCCO1. The Morgan fingerprint density at radius 2 is 1.92 bits per heavy atom. The molecule has 37 heavy (non-hydrogen) atoms. The van der Waals surface area contributed by atoms with E-state index in [0.29, 0.717) is 19.4 Å². The molecule has 1 saturated heterocycles. The van der Waals surface area contributed by atoms with Gasteiger partial charge in [-0.2, -0.15) is 0 Å². The van der Waals surface area contributed by atoms with Crippen LogP contribution in [-0.2, 0) is 29.2 Å². The minimum atomic E-state index is -3.78. The second-order valence-corrected chi connectivity index (χ2v) is 11.6. The molecule has 0 spiro atoms. The third kappa shape index (κ3) is 11.3. The summed E-state index contributed by atoms with van der Waals surface area (Å²) in [6.45, 7) is 4.11. The van der Waals surface area contributed by atoms with E-state index >= 15 is 0 Å². The number of ether oxygens (including phenoxy) is 1. The van der Waals surface area contributed by atoms with Gasteiger partial charge in [0.15, 0.2) is 6.29 Å². The summed E-state index contributed by atoms with van der Waals surface area (Å²) >= 11 is 0. The molecule has 0 radical (unpaired) electrons. The van der Waals surface area contributed by atoms with Crippen molar-refractivity contribution in [3.05, 3.63) is 42.0 Å². The van der Waals surface area contributed by atoms with Crippen molar-refractivity contribution in [1.29, 1.82) is 0 Å². The molecule has 0 bridgehead atoms. The number of carbonyl (C=O) groups is 2. The molecule has 1 aliphatic heterocycles. The molecule has 1 unspecified atom stereocenters. The predicted molar refractivity (Wildman–Crippen MR) is 141 cm³/mol. The Bertz CT molecular complexity index is 964. The van der Waals surface area contributed by atoms with E-state index in [0.717, 1.165) is 29.1 Å². The Balaban J connectivity index is 2.26. The lowest BCUT2D eigenvalue weighted by molar-refractivity contribution is -0.203. The topological polar surface area (TPSA) is 134 Å². The molecule has 1 aromatic rings. The van der Waals surface area contributed by atoms with Crippen LogP contribution in [0.25, 0.3) is 6.08 Å². The van der Waals surface area contributed by atoms with Gasteiger partial charge in [0.25, 0.3) is 0 Å². The number of aliphatic hydroxyl groups excluding tert-OH is 1. The first-order valence-electron chi connectivity index (χ1n) is 12.8. The zero-order valence-corrected chi connectivity index (χ0v) is 22.8. The normalized spacial score (nSPS) is 18.2. The number of benzene rings is 1. The first-order chi connectivity index (χ1) is 17.6. The van der Waals surface area contributed by atoms with Gasteiger partial charge in [-0.05, 0) is 43.6 Å². The van der Waals surface area contributed by atoms with Gasteiger partial charge < -0.3 is 9.84 Å². The molecule has 1 aliphatic rings. The van der Waals surface area contributed by atoms with Crippen molar-refractivity contribution >= 4 is 27.9 Å². The molecule has 1 heterocycles. The lowest BCUT2D eigenvalue weighted by Gasteiger charge is -2.30. The van der Waals surface area contributed by atoms with E-state index in [1.807, 2.05) is 56.3 Å². The Kier molecular flexibility index (Phi) is 13.2. The third-order valence-electron chi connectivity index (χ3n) is 5.97. The second-order valence-electron chi connectivity index (χ2n) is 9.66. The van der Waals surface area contributed by atoms with E-state index in [1.165, 1.54) is 0 Å². The monoisotopic (exact) mass is 539 g/mol. The fraction of sp³-hybridized carbons (Fsp3) is 0.615. The fourth-order valence-corrected chi connectivity index (χ4v) is 4.78. The molecule has 10 nitrogen and oxygen atoms in total. The number of carbonyl (C=O) groups excluding carboxylic acids is 2. The van der Waals surface area contributed by atoms with Gasteiger partial charge >= 0.3 is 0 Å². The number of nitrogens with one attached hydrogen (secondary N) is 2. The van der Waals surface area contributed by atoms with Gasteiger partial charge in [0.1, 0.15) is 0 Å². The van der Waals surface area contributed by atoms with Gasteiger partial charge in [0, 0.05) is 26.2 Å². The molecule has 0 aromatic heterocycles. The van der Waals surface area contributed by atoms with E-state index in [-0.39, 0.29) is 31.9 Å². The minimum absolute atomic E-state index is 0.0517. The molecule has 11 heteroatoms. The highest BCUT2D eigenvalue weighted by atomic mass is 32.2. The van der Waals surface area contributed by atoms with Crippen LogP contribution in [-0.4, -0.2) is 62.1 Å². The Labute approximate surface area is 220 Å². The highest BCUT2D eigenvalue weighted by molar-refractivity contribution is 7.88. The molecular weight excluding hydrogens is 498 g/mol. The van der Waals surface area contributed by atoms with Crippen molar-refractivity contribution in [2.45, 2.75) is 58.7 Å². The maximum absolute atomic E-state index is 13.4. The van der Waals surface area contributed by atoms with Crippen LogP contribution >= 0.6 is 0 Å². The molecule has 0 saturated carbocycles. The van der Waals surface area contributed by atoms with Crippen molar-refractivity contribution in [1.82, 2.24) is 15.3 Å². The van der Waals surface area contributed by atoms with Crippen LogP contribution < -0.4 is 10.9 Å². The minimum Gasteiger partial charge on any atom is -0.396 e. The predicted octanol–water partition coefficient (Wildman–Crippen LogP) is 2.62. The Morgan fingerprint density at radius 1 is 1.19 bits per heavy atom. The largest absolute Gasteiger partial charge is 0.396 e. The number of rotatable bonds is 15.